The monoisotopic (exact) mass is 286 g/mol. The molecule has 19 heavy (non-hydrogen) atoms. The minimum Gasteiger partial charge on any atom is -0.352 e. The van der Waals surface area contributed by atoms with Crippen LogP contribution in [-0.4, -0.2) is 25.5 Å². The van der Waals surface area contributed by atoms with E-state index in [1.54, 1.807) is 0 Å². The van der Waals surface area contributed by atoms with E-state index in [0.717, 1.165) is 19.5 Å². The van der Waals surface area contributed by atoms with Gasteiger partial charge in [-0.05, 0) is 62.5 Å². The number of piperidine rings is 1. The van der Waals surface area contributed by atoms with Gasteiger partial charge in [-0.2, -0.15) is 0 Å². The molecule has 3 nitrogen and oxygen atoms in total. The zero-order chi connectivity index (χ0) is 12.8. The van der Waals surface area contributed by atoms with Crippen molar-refractivity contribution >= 4 is 18.3 Å². The molecule has 0 bridgehead atoms. The normalized spacial score (nSPS) is 18.5. The molecule has 0 aromatic heterocycles. The van der Waals surface area contributed by atoms with E-state index in [9.17, 15) is 9.18 Å². The van der Waals surface area contributed by atoms with Crippen LogP contribution in [0.15, 0.2) is 24.3 Å². The van der Waals surface area contributed by atoms with Crippen molar-refractivity contribution in [3.8, 4) is 0 Å². The van der Waals surface area contributed by atoms with Gasteiger partial charge in [-0.1, -0.05) is 0 Å². The predicted molar refractivity (Wildman–Crippen MR) is 76.2 cm³/mol. The van der Waals surface area contributed by atoms with Gasteiger partial charge in [0.25, 0.3) is 5.91 Å². The van der Waals surface area contributed by atoms with E-state index in [0.29, 0.717) is 18.0 Å². The molecule has 1 fully saturated rings. The molecule has 1 saturated heterocycles. The van der Waals surface area contributed by atoms with E-state index in [2.05, 4.69) is 10.6 Å². The van der Waals surface area contributed by atoms with Gasteiger partial charge in [-0.25, -0.2) is 4.39 Å². The molecule has 106 valence electrons. The molecule has 2 N–H and O–H groups in total. The van der Waals surface area contributed by atoms with Crippen molar-refractivity contribution < 1.29 is 9.18 Å². The Kier molecular flexibility index (Phi) is 6.81. The minimum absolute atomic E-state index is 0. The van der Waals surface area contributed by atoms with Crippen LogP contribution in [0.2, 0.25) is 0 Å². The van der Waals surface area contributed by atoms with E-state index >= 15 is 0 Å². The van der Waals surface area contributed by atoms with Gasteiger partial charge in [0.2, 0.25) is 0 Å². The van der Waals surface area contributed by atoms with Crippen LogP contribution < -0.4 is 10.6 Å². The zero-order valence-corrected chi connectivity index (χ0v) is 11.6. The van der Waals surface area contributed by atoms with E-state index in [4.69, 9.17) is 0 Å². The third-order valence-electron chi connectivity index (χ3n) is 3.34. The number of halogens is 2. The maximum absolute atomic E-state index is 12.7. The highest BCUT2D eigenvalue weighted by atomic mass is 35.5. The Morgan fingerprint density at radius 3 is 2.74 bits per heavy atom. The molecular weight excluding hydrogens is 267 g/mol. The van der Waals surface area contributed by atoms with Crippen LogP contribution in [0.3, 0.4) is 0 Å². The first-order valence-electron chi connectivity index (χ1n) is 6.50. The number of hydrogen-bond acceptors (Lipinski definition) is 2. The summed E-state index contributed by atoms with van der Waals surface area (Å²) in [5, 5.41) is 6.23. The molecule has 5 heteroatoms. The summed E-state index contributed by atoms with van der Waals surface area (Å²) in [5.74, 6) is 0.214. The maximum atomic E-state index is 12.7. The highest BCUT2D eigenvalue weighted by molar-refractivity contribution is 5.94. The van der Waals surface area contributed by atoms with Crippen LogP contribution >= 0.6 is 12.4 Å². The van der Waals surface area contributed by atoms with Crippen molar-refractivity contribution in [3.63, 3.8) is 0 Å². The predicted octanol–water partition coefficient (Wildman–Crippen LogP) is 2.37. The van der Waals surface area contributed by atoms with Gasteiger partial charge < -0.3 is 10.6 Å². The molecule has 0 saturated carbocycles. The van der Waals surface area contributed by atoms with E-state index < -0.39 is 0 Å². The summed E-state index contributed by atoms with van der Waals surface area (Å²) in [4.78, 5) is 11.7. The lowest BCUT2D eigenvalue weighted by atomic mass is 9.96. The van der Waals surface area contributed by atoms with E-state index in [1.165, 1.54) is 37.1 Å². The first kappa shape index (κ1) is 15.9. The standard InChI is InChI=1S/C14H19FN2O.ClH/c15-13-5-3-12(4-6-13)14(18)17-9-7-11-2-1-8-16-10-11;/h3-6,11,16H,1-2,7-10H2,(H,17,18);1H. The smallest absolute Gasteiger partial charge is 0.251 e. The zero-order valence-electron chi connectivity index (χ0n) is 10.8. The van der Waals surface area contributed by atoms with Gasteiger partial charge in [0.15, 0.2) is 0 Å². The summed E-state index contributed by atoms with van der Waals surface area (Å²) in [6.07, 6.45) is 3.45. The molecule has 2 rings (SSSR count). The third kappa shape index (κ3) is 5.17. The molecule has 1 amide bonds. The summed E-state index contributed by atoms with van der Waals surface area (Å²) in [5.41, 5.74) is 0.512. The molecule has 1 aliphatic heterocycles. The summed E-state index contributed by atoms with van der Waals surface area (Å²) < 4.78 is 12.7. The average Bonchev–Trinajstić information content (AvgIpc) is 2.40. The number of rotatable bonds is 4. The lowest BCUT2D eigenvalue weighted by Crippen LogP contribution is -2.33. The summed E-state index contributed by atoms with van der Waals surface area (Å²) >= 11 is 0. The Balaban J connectivity index is 0.00000180. The second-order valence-electron chi connectivity index (χ2n) is 4.76. The van der Waals surface area contributed by atoms with Gasteiger partial charge in [0.1, 0.15) is 5.82 Å². The fourth-order valence-electron chi connectivity index (χ4n) is 2.26. The average molecular weight is 287 g/mol. The number of hydrogen-bond donors (Lipinski definition) is 2. The Morgan fingerprint density at radius 1 is 1.37 bits per heavy atom. The molecule has 1 atom stereocenters. The second kappa shape index (κ2) is 8.12. The van der Waals surface area contributed by atoms with Crippen molar-refractivity contribution in [1.82, 2.24) is 10.6 Å². The molecule has 1 heterocycles. The van der Waals surface area contributed by atoms with Crippen LogP contribution in [-0.2, 0) is 0 Å². The summed E-state index contributed by atoms with van der Waals surface area (Å²) in [7, 11) is 0. The number of carbonyl (C=O) groups excluding carboxylic acids is 1. The first-order chi connectivity index (χ1) is 8.75. The van der Waals surface area contributed by atoms with Crippen molar-refractivity contribution in [1.29, 1.82) is 0 Å². The molecule has 0 radical (unpaired) electrons. The van der Waals surface area contributed by atoms with E-state index in [-0.39, 0.29) is 24.1 Å². The highest BCUT2D eigenvalue weighted by Gasteiger charge is 2.13. The largest absolute Gasteiger partial charge is 0.352 e. The lowest BCUT2D eigenvalue weighted by molar-refractivity contribution is 0.0950. The van der Waals surface area contributed by atoms with Gasteiger partial charge >= 0.3 is 0 Å². The van der Waals surface area contributed by atoms with Gasteiger partial charge in [0, 0.05) is 12.1 Å². The second-order valence-corrected chi connectivity index (χ2v) is 4.76. The van der Waals surface area contributed by atoms with Crippen molar-refractivity contribution in [2.24, 2.45) is 5.92 Å². The van der Waals surface area contributed by atoms with Gasteiger partial charge in [0.05, 0.1) is 0 Å². The summed E-state index contributed by atoms with van der Waals surface area (Å²) in [6, 6.07) is 5.62. The molecule has 1 aliphatic rings. The Hall–Kier alpha value is -1.13. The van der Waals surface area contributed by atoms with E-state index in [1.807, 2.05) is 0 Å². The maximum Gasteiger partial charge on any atom is 0.251 e. The van der Waals surface area contributed by atoms with Crippen molar-refractivity contribution in [2.45, 2.75) is 19.3 Å². The third-order valence-corrected chi connectivity index (χ3v) is 3.34. The van der Waals surface area contributed by atoms with Crippen LogP contribution in [0.5, 0.6) is 0 Å². The van der Waals surface area contributed by atoms with Crippen molar-refractivity contribution in [3.05, 3.63) is 35.6 Å². The molecule has 0 spiro atoms. The Labute approximate surface area is 119 Å². The fraction of sp³-hybridized carbons (Fsp3) is 0.500. The number of amides is 1. The Bertz CT molecular complexity index is 391. The quantitative estimate of drug-likeness (QED) is 0.892. The topological polar surface area (TPSA) is 41.1 Å². The number of carbonyl (C=O) groups is 1. The van der Waals surface area contributed by atoms with Crippen LogP contribution in [0, 0.1) is 11.7 Å². The molecule has 1 aromatic carbocycles. The SMILES string of the molecule is Cl.O=C(NCCC1CCCNC1)c1ccc(F)cc1. The van der Waals surface area contributed by atoms with Crippen LogP contribution in [0.25, 0.3) is 0 Å². The van der Waals surface area contributed by atoms with Gasteiger partial charge in [-0.15, -0.1) is 12.4 Å². The van der Waals surface area contributed by atoms with Gasteiger partial charge in [-0.3, -0.25) is 4.79 Å². The number of benzene rings is 1. The summed E-state index contributed by atoms with van der Waals surface area (Å²) in [6.45, 7) is 2.84. The van der Waals surface area contributed by atoms with Crippen molar-refractivity contribution in [2.75, 3.05) is 19.6 Å². The lowest BCUT2D eigenvalue weighted by Gasteiger charge is -2.22. The molecular formula is C14H20ClFN2O. The molecule has 1 aromatic rings. The fourth-order valence-corrected chi connectivity index (χ4v) is 2.26. The molecule has 0 aliphatic carbocycles. The Morgan fingerprint density at radius 2 is 2.11 bits per heavy atom. The van der Waals surface area contributed by atoms with Crippen LogP contribution in [0.4, 0.5) is 4.39 Å². The highest BCUT2D eigenvalue weighted by Crippen LogP contribution is 2.13. The molecule has 1 unspecified atom stereocenters. The van der Waals surface area contributed by atoms with Crippen LogP contribution in [0.1, 0.15) is 29.6 Å². The number of nitrogens with one attached hydrogen (secondary N) is 2. The minimum atomic E-state index is -0.320. The first-order valence-corrected chi connectivity index (χ1v) is 6.50.